The normalized spacial score (nSPS) is 10.8. The van der Waals surface area contributed by atoms with E-state index in [4.69, 9.17) is 16.0 Å². The van der Waals surface area contributed by atoms with Crippen LogP contribution in [0.5, 0.6) is 0 Å². The van der Waals surface area contributed by atoms with Crippen LogP contribution in [0.2, 0.25) is 5.02 Å². The number of oxazole rings is 1. The molecule has 0 unspecified atom stereocenters. The maximum atomic E-state index is 13.0. The maximum Gasteiger partial charge on any atom is 0.319 e. The third-order valence-corrected chi connectivity index (χ3v) is 4.76. The van der Waals surface area contributed by atoms with Crippen LogP contribution in [0.15, 0.2) is 53.1 Å². The average Bonchev–Trinajstić information content (AvgIpc) is 3.21. The van der Waals surface area contributed by atoms with Crippen LogP contribution in [0.3, 0.4) is 0 Å². The van der Waals surface area contributed by atoms with Crippen molar-refractivity contribution >= 4 is 29.2 Å². The first-order valence-corrected chi connectivity index (χ1v) is 10.5. The van der Waals surface area contributed by atoms with Crippen molar-refractivity contribution in [3.05, 3.63) is 70.8 Å². The van der Waals surface area contributed by atoms with Crippen LogP contribution in [-0.4, -0.2) is 30.0 Å². The van der Waals surface area contributed by atoms with E-state index in [-0.39, 0.29) is 16.7 Å². The van der Waals surface area contributed by atoms with Crippen LogP contribution in [0.25, 0.3) is 11.5 Å². The summed E-state index contributed by atoms with van der Waals surface area (Å²) < 4.78 is 18.4. The van der Waals surface area contributed by atoms with E-state index in [2.05, 4.69) is 20.9 Å². The first-order valence-electron chi connectivity index (χ1n) is 10.1. The molecule has 0 fully saturated rings. The molecule has 0 aliphatic carbocycles. The number of anilines is 1. The number of carbonyl (C=O) groups is 2. The molecule has 3 amide bonds. The summed E-state index contributed by atoms with van der Waals surface area (Å²) >= 11 is 6.20. The minimum atomic E-state index is -0.416. The van der Waals surface area contributed by atoms with Gasteiger partial charge in [0, 0.05) is 30.8 Å². The lowest BCUT2D eigenvalue weighted by atomic mass is 10.1. The molecule has 168 valence electrons. The van der Waals surface area contributed by atoms with Crippen molar-refractivity contribution < 1.29 is 18.4 Å². The molecule has 3 aromatic rings. The topological polar surface area (TPSA) is 96.3 Å². The number of rotatable bonds is 8. The molecule has 2 aromatic carbocycles. The first kappa shape index (κ1) is 23.3. The summed E-state index contributed by atoms with van der Waals surface area (Å²) in [5.74, 6) is 0.124. The fraction of sp³-hybridized carbons (Fsp3) is 0.261. The fourth-order valence-electron chi connectivity index (χ4n) is 2.80. The second-order valence-electron chi connectivity index (χ2n) is 7.58. The molecule has 1 aromatic heterocycles. The molecule has 1 heterocycles. The lowest BCUT2D eigenvalue weighted by Crippen LogP contribution is -2.30. The van der Waals surface area contributed by atoms with Gasteiger partial charge in [-0.2, -0.15) is 0 Å². The molecule has 0 saturated heterocycles. The molecule has 3 N–H and O–H groups in total. The Labute approximate surface area is 190 Å². The number of aromatic nitrogens is 1. The largest absolute Gasteiger partial charge is 0.444 e. The smallest absolute Gasteiger partial charge is 0.319 e. The Hall–Kier alpha value is -3.39. The molecule has 9 heteroatoms. The molecule has 0 bridgehead atoms. The van der Waals surface area contributed by atoms with Crippen LogP contribution in [-0.2, 0) is 6.42 Å². The Balaban J connectivity index is 1.47. The van der Waals surface area contributed by atoms with Crippen LogP contribution >= 0.6 is 11.6 Å². The minimum Gasteiger partial charge on any atom is -0.444 e. The summed E-state index contributed by atoms with van der Waals surface area (Å²) in [7, 11) is 0. The van der Waals surface area contributed by atoms with Gasteiger partial charge in [-0.25, -0.2) is 14.2 Å². The molecular weight excluding hydrogens is 435 g/mol. The lowest BCUT2D eigenvalue weighted by Gasteiger charge is -2.11. The van der Waals surface area contributed by atoms with E-state index < -0.39 is 6.03 Å². The minimum absolute atomic E-state index is 0.250. The van der Waals surface area contributed by atoms with Crippen LogP contribution < -0.4 is 16.0 Å². The number of hydrogen-bond acceptors (Lipinski definition) is 4. The molecule has 0 aliphatic heterocycles. The van der Waals surface area contributed by atoms with Gasteiger partial charge in [-0.1, -0.05) is 25.4 Å². The van der Waals surface area contributed by atoms with Crippen LogP contribution in [0.4, 0.5) is 14.9 Å². The predicted molar refractivity (Wildman–Crippen MR) is 121 cm³/mol. The van der Waals surface area contributed by atoms with E-state index in [0.717, 1.165) is 0 Å². The van der Waals surface area contributed by atoms with Gasteiger partial charge in [-0.05, 0) is 48.4 Å². The summed E-state index contributed by atoms with van der Waals surface area (Å²) in [6, 6.07) is 10.1. The average molecular weight is 459 g/mol. The van der Waals surface area contributed by atoms with E-state index >= 15 is 0 Å². The highest BCUT2D eigenvalue weighted by Crippen LogP contribution is 2.21. The molecule has 32 heavy (non-hydrogen) atoms. The molecule has 0 aliphatic rings. The van der Waals surface area contributed by atoms with E-state index in [1.54, 1.807) is 24.3 Å². The number of nitrogens with one attached hydrogen (secondary N) is 3. The standard InChI is InChI=1S/C23H24ClFN4O3/c1-14(2)12-27-21(30)19-8-7-17(11-20(19)24)29-23(31)26-10-9-18-13-32-22(28-18)15-3-5-16(25)6-4-15/h3-8,11,13-14H,9-10,12H2,1-2H3,(H,27,30)(H2,26,29,31). The highest BCUT2D eigenvalue weighted by atomic mass is 35.5. The number of carbonyl (C=O) groups excluding carboxylic acids is 2. The maximum absolute atomic E-state index is 13.0. The van der Waals surface area contributed by atoms with Crippen LogP contribution in [0, 0.1) is 11.7 Å². The van der Waals surface area contributed by atoms with Crippen molar-refractivity contribution in [1.29, 1.82) is 0 Å². The second kappa shape index (κ2) is 10.8. The third-order valence-electron chi connectivity index (χ3n) is 4.45. The quantitative estimate of drug-likeness (QED) is 0.448. The number of benzene rings is 2. The Kier molecular flexibility index (Phi) is 7.83. The van der Waals surface area contributed by atoms with Gasteiger partial charge in [-0.15, -0.1) is 0 Å². The molecule has 0 saturated carbocycles. The van der Waals surface area contributed by atoms with Gasteiger partial charge in [-0.3, -0.25) is 4.79 Å². The van der Waals surface area contributed by atoms with E-state index in [0.29, 0.717) is 53.8 Å². The van der Waals surface area contributed by atoms with Crippen LogP contribution in [0.1, 0.15) is 29.9 Å². The Bertz CT molecular complexity index is 1080. The lowest BCUT2D eigenvalue weighted by molar-refractivity contribution is 0.0949. The summed E-state index contributed by atoms with van der Waals surface area (Å²) in [6.45, 7) is 4.88. The molecule has 7 nitrogen and oxygen atoms in total. The van der Waals surface area contributed by atoms with Gasteiger partial charge >= 0.3 is 6.03 Å². The predicted octanol–water partition coefficient (Wildman–Crippen LogP) is 4.88. The zero-order valence-electron chi connectivity index (χ0n) is 17.7. The summed E-state index contributed by atoms with van der Waals surface area (Å²) in [5.41, 5.74) is 2.14. The van der Waals surface area contributed by atoms with E-state index in [1.165, 1.54) is 24.5 Å². The second-order valence-corrected chi connectivity index (χ2v) is 7.99. The van der Waals surface area contributed by atoms with Crippen molar-refractivity contribution in [3.63, 3.8) is 0 Å². The third kappa shape index (κ3) is 6.55. The van der Waals surface area contributed by atoms with Crippen molar-refractivity contribution in [2.45, 2.75) is 20.3 Å². The highest BCUT2D eigenvalue weighted by Gasteiger charge is 2.12. The fourth-order valence-corrected chi connectivity index (χ4v) is 3.06. The highest BCUT2D eigenvalue weighted by molar-refractivity contribution is 6.34. The first-order chi connectivity index (χ1) is 15.3. The number of amides is 3. The van der Waals surface area contributed by atoms with Gasteiger partial charge in [0.1, 0.15) is 12.1 Å². The monoisotopic (exact) mass is 458 g/mol. The summed E-state index contributed by atoms with van der Waals surface area (Å²) in [5, 5.41) is 8.45. The zero-order valence-corrected chi connectivity index (χ0v) is 18.5. The molecule has 0 radical (unpaired) electrons. The Morgan fingerprint density at radius 3 is 2.56 bits per heavy atom. The Morgan fingerprint density at radius 2 is 1.88 bits per heavy atom. The van der Waals surface area contributed by atoms with E-state index in [9.17, 15) is 14.0 Å². The molecular formula is C23H24ClFN4O3. The van der Waals surface area contributed by atoms with Gasteiger partial charge in [0.15, 0.2) is 0 Å². The van der Waals surface area contributed by atoms with Crippen molar-refractivity contribution in [1.82, 2.24) is 15.6 Å². The molecule has 0 spiro atoms. The number of urea groups is 1. The summed E-state index contributed by atoms with van der Waals surface area (Å²) in [4.78, 5) is 28.6. The molecule has 3 rings (SSSR count). The van der Waals surface area contributed by atoms with Gasteiger partial charge in [0.05, 0.1) is 16.3 Å². The van der Waals surface area contributed by atoms with E-state index in [1.807, 2.05) is 13.8 Å². The van der Waals surface area contributed by atoms with Crippen molar-refractivity contribution in [2.75, 3.05) is 18.4 Å². The van der Waals surface area contributed by atoms with Crippen molar-refractivity contribution in [3.8, 4) is 11.5 Å². The Morgan fingerprint density at radius 1 is 1.12 bits per heavy atom. The van der Waals surface area contributed by atoms with Gasteiger partial charge in [0.2, 0.25) is 5.89 Å². The zero-order chi connectivity index (χ0) is 23.1. The van der Waals surface area contributed by atoms with Gasteiger partial charge < -0.3 is 20.4 Å². The van der Waals surface area contributed by atoms with Crippen molar-refractivity contribution in [2.24, 2.45) is 5.92 Å². The number of nitrogens with zero attached hydrogens (tertiary/aromatic N) is 1. The number of hydrogen-bond donors (Lipinski definition) is 3. The summed E-state index contributed by atoms with van der Waals surface area (Å²) in [6.07, 6.45) is 1.95. The molecule has 0 atom stereocenters. The number of halogens is 2. The van der Waals surface area contributed by atoms with Gasteiger partial charge in [0.25, 0.3) is 5.91 Å². The SMILES string of the molecule is CC(C)CNC(=O)c1ccc(NC(=O)NCCc2coc(-c3ccc(F)cc3)n2)cc1Cl.